The van der Waals surface area contributed by atoms with Crippen molar-refractivity contribution in [2.45, 2.75) is 43.9 Å². The van der Waals surface area contributed by atoms with Crippen molar-refractivity contribution in [2.75, 3.05) is 17.8 Å². The molecule has 0 fully saturated rings. The van der Waals surface area contributed by atoms with Gasteiger partial charge in [-0.1, -0.05) is 0 Å². The summed E-state index contributed by atoms with van der Waals surface area (Å²) in [6.07, 6.45) is 5.29. The number of thiol groups is 1. The van der Waals surface area contributed by atoms with E-state index in [0.717, 1.165) is 0 Å². The molecule has 1 rings (SSSR count). The molecule has 0 saturated heterocycles. The molecule has 4 atom stereocenters. The normalized spacial score (nSPS) is 14.8. The number of carbonyl (C=O) groups is 4. The third kappa shape index (κ3) is 8.63. The molecule has 0 bridgehead atoms. The Morgan fingerprint density at radius 3 is 2.37 bits per heavy atom. The van der Waals surface area contributed by atoms with Crippen LogP contribution in [0.3, 0.4) is 0 Å². The second-order valence-corrected chi connectivity index (χ2v) is 7.89. The van der Waals surface area contributed by atoms with Crippen LogP contribution in [0, 0.1) is 0 Å². The molecule has 30 heavy (non-hydrogen) atoms. The number of nitrogens with zero attached hydrogens (tertiary/aromatic N) is 1. The Labute approximate surface area is 184 Å². The van der Waals surface area contributed by atoms with Gasteiger partial charge in [-0.25, -0.2) is 4.98 Å². The maximum absolute atomic E-state index is 12.7. The molecule has 11 nitrogen and oxygen atoms in total. The highest BCUT2D eigenvalue weighted by Crippen LogP contribution is 2.03. The van der Waals surface area contributed by atoms with E-state index in [1.807, 2.05) is 6.26 Å². The topological polar surface area (TPSA) is 179 Å². The van der Waals surface area contributed by atoms with Crippen LogP contribution in [0.25, 0.3) is 0 Å². The number of thioether (sulfide) groups is 1. The summed E-state index contributed by atoms with van der Waals surface area (Å²) in [7, 11) is 0. The molecular weight excluding hydrogens is 432 g/mol. The van der Waals surface area contributed by atoms with Crippen LogP contribution in [-0.2, 0) is 25.6 Å². The molecule has 0 aliphatic carbocycles. The second kappa shape index (κ2) is 13.1. The number of nitrogens with two attached hydrogens (primary N) is 1. The van der Waals surface area contributed by atoms with E-state index in [1.54, 1.807) is 11.8 Å². The molecule has 0 aliphatic rings. The first-order chi connectivity index (χ1) is 14.2. The fourth-order valence-electron chi connectivity index (χ4n) is 2.32. The van der Waals surface area contributed by atoms with Gasteiger partial charge in [0.25, 0.3) is 0 Å². The van der Waals surface area contributed by atoms with Crippen LogP contribution in [0.5, 0.6) is 0 Å². The van der Waals surface area contributed by atoms with Gasteiger partial charge < -0.3 is 31.8 Å². The number of carboxylic acid groups (broad SMARTS) is 1. The van der Waals surface area contributed by atoms with Gasteiger partial charge in [0.15, 0.2) is 0 Å². The third-order valence-electron chi connectivity index (χ3n) is 4.13. The summed E-state index contributed by atoms with van der Waals surface area (Å²) in [4.78, 5) is 55.1. The first kappa shape index (κ1) is 25.8. The molecule has 1 aromatic heterocycles. The largest absolute Gasteiger partial charge is 0.480 e. The summed E-state index contributed by atoms with van der Waals surface area (Å²) in [5.41, 5.74) is 6.38. The average molecular weight is 461 g/mol. The van der Waals surface area contributed by atoms with Crippen molar-refractivity contribution in [1.29, 1.82) is 0 Å². The Balaban J connectivity index is 2.83. The van der Waals surface area contributed by atoms with E-state index in [9.17, 15) is 19.2 Å². The Kier molecular flexibility index (Phi) is 11.3. The molecule has 0 aromatic carbocycles. The number of imidazole rings is 1. The zero-order chi connectivity index (χ0) is 22.7. The van der Waals surface area contributed by atoms with Crippen LogP contribution in [0.4, 0.5) is 0 Å². The number of nitrogens with one attached hydrogen (secondary N) is 4. The van der Waals surface area contributed by atoms with Crippen molar-refractivity contribution >= 4 is 48.1 Å². The van der Waals surface area contributed by atoms with Crippen molar-refractivity contribution < 1.29 is 24.3 Å². The molecule has 1 aromatic rings. The van der Waals surface area contributed by atoms with E-state index in [0.29, 0.717) is 17.9 Å². The van der Waals surface area contributed by atoms with Crippen LogP contribution in [0.15, 0.2) is 12.5 Å². The van der Waals surface area contributed by atoms with Gasteiger partial charge >= 0.3 is 5.97 Å². The molecule has 0 spiro atoms. The van der Waals surface area contributed by atoms with E-state index in [1.165, 1.54) is 19.4 Å². The molecular formula is C17H28N6O5S2. The highest BCUT2D eigenvalue weighted by molar-refractivity contribution is 7.98. The van der Waals surface area contributed by atoms with Gasteiger partial charge in [0.1, 0.15) is 18.1 Å². The minimum atomic E-state index is -1.21. The number of hydrogen-bond acceptors (Lipinski definition) is 8. The van der Waals surface area contributed by atoms with Crippen LogP contribution in [-0.4, -0.2) is 80.7 Å². The SMILES string of the molecule is CSCCC(N)C(=O)NC(CS)C(=O)NC(Cc1cnc[nH]1)C(=O)NC(C)C(=O)O. The number of aliphatic carboxylic acids is 1. The van der Waals surface area contributed by atoms with E-state index in [2.05, 4.69) is 38.5 Å². The van der Waals surface area contributed by atoms with E-state index < -0.39 is 47.9 Å². The zero-order valence-electron chi connectivity index (χ0n) is 16.8. The molecule has 168 valence electrons. The Hall–Kier alpha value is -2.25. The maximum Gasteiger partial charge on any atom is 0.325 e. The summed E-state index contributed by atoms with van der Waals surface area (Å²) in [5, 5.41) is 16.4. The van der Waals surface area contributed by atoms with Crippen molar-refractivity contribution in [1.82, 2.24) is 25.9 Å². The van der Waals surface area contributed by atoms with Gasteiger partial charge in [-0.3, -0.25) is 19.2 Å². The Morgan fingerprint density at radius 2 is 1.83 bits per heavy atom. The summed E-state index contributed by atoms with van der Waals surface area (Å²) < 4.78 is 0. The summed E-state index contributed by atoms with van der Waals surface area (Å²) in [5.74, 6) is -2.36. The molecule has 0 aliphatic heterocycles. The maximum atomic E-state index is 12.7. The summed E-state index contributed by atoms with van der Waals surface area (Å²) in [6.45, 7) is 1.31. The lowest BCUT2D eigenvalue weighted by Gasteiger charge is -2.23. The third-order valence-corrected chi connectivity index (χ3v) is 5.14. The predicted octanol–water partition coefficient (Wildman–Crippen LogP) is -1.48. The molecule has 4 unspecified atom stereocenters. The van der Waals surface area contributed by atoms with Gasteiger partial charge in [0, 0.05) is 24.1 Å². The Morgan fingerprint density at radius 1 is 1.20 bits per heavy atom. The van der Waals surface area contributed by atoms with E-state index in [4.69, 9.17) is 10.8 Å². The monoisotopic (exact) mass is 460 g/mol. The van der Waals surface area contributed by atoms with Crippen LogP contribution in [0.2, 0.25) is 0 Å². The molecule has 0 radical (unpaired) electrons. The highest BCUT2D eigenvalue weighted by atomic mass is 32.2. The highest BCUT2D eigenvalue weighted by Gasteiger charge is 2.29. The fourth-order valence-corrected chi connectivity index (χ4v) is 3.07. The molecule has 7 N–H and O–H groups in total. The second-order valence-electron chi connectivity index (χ2n) is 6.54. The first-order valence-electron chi connectivity index (χ1n) is 9.16. The van der Waals surface area contributed by atoms with Crippen molar-refractivity contribution in [2.24, 2.45) is 5.73 Å². The lowest BCUT2D eigenvalue weighted by Crippen LogP contribution is -2.58. The Bertz CT molecular complexity index is 718. The van der Waals surface area contributed by atoms with Gasteiger partial charge in [-0.2, -0.15) is 24.4 Å². The average Bonchev–Trinajstić information content (AvgIpc) is 3.22. The number of aromatic amines is 1. The standard InChI is InChI=1S/C17H28N6O5S2/c1-9(17(27)28)21-15(25)12(5-10-6-19-8-20-10)22-16(26)13(7-29)23-14(24)11(18)3-4-30-2/h6,8-9,11-13,29H,3-5,7,18H2,1-2H3,(H,19,20)(H,21,25)(H,22,26)(H,23,24)(H,27,28). The van der Waals surface area contributed by atoms with Crippen molar-refractivity contribution in [3.63, 3.8) is 0 Å². The molecule has 3 amide bonds. The summed E-state index contributed by atoms with van der Waals surface area (Å²) >= 11 is 5.65. The number of aromatic nitrogens is 2. The van der Waals surface area contributed by atoms with Gasteiger partial charge in [-0.15, -0.1) is 0 Å². The number of H-pyrrole nitrogens is 1. The van der Waals surface area contributed by atoms with E-state index in [-0.39, 0.29) is 12.2 Å². The zero-order valence-corrected chi connectivity index (χ0v) is 18.5. The number of carbonyl (C=O) groups excluding carboxylic acids is 3. The van der Waals surface area contributed by atoms with Gasteiger partial charge in [-0.05, 0) is 25.4 Å². The van der Waals surface area contributed by atoms with E-state index >= 15 is 0 Å². The lowest BCUT2D eigenvalue weighted by molar-refractivity contribution is -0.141. The number of amides is 3. The number of hydrogen-bond donors (Lipinski definition) is 7. The van der Waals surface area contributed by atoms with Crippen LogP contribution >= 0.6 is 24.4 Å². The van der Waals surface area contributed by atoms with Gasteiger partial charge in [0.2, 0.25) is 17.7 Å². The molecule has 13 heteroatoms. The summed E-state index contributed by atoms with van der Waals surface area (Å²) in [6, 6.07) is -4.03. The lowest BCUT2D eigenvalue weighted by atomic mass is 10.1. The molecule has 1 heterocycles. The predicted molar refractivity (Wildman–Crippen MR) is 116 cm³/mol. The van der Waals surface area contributed by atoms with Crippen LogP contribution in [0.1, 0.15) is 19.0 Å². The molecule has 0 saturated carbocycles. The quantitative estimate of drug-likeness (QED) is 0.174. The van der Waals surface area contributed by atoms with Crippen molar-refractivity contribution in [3.05, 3.63) is 18.2 Å². The van der Waals surface area contributed by atoms with Crippen molar-refractivity contribution in [3.8, 4) is 0 Å². The van der Waals surface area contributed by atoms with Crippen LogP contribution < -0.4 is 21.7 Å². The number of carboxylic acids is 1. The van der Waals surface area contributed by atoms with Gasteiger partial charge in [0.05, 0.1) is 12.4 Å². The number of rotatable bonds is 13. The fraction of sp³-hybridized carbons (Fsp3) is 0.588. The minimum absolute atomic E-state index is 0.0171. The minimum Gasteiger partial charge on any atom is -0.480 e. The first-order valence-corrected chi connectivity index (χ1v) is 11.2. The smallest absolute Gasteiger partial charge is 0.325 e.